The molecule has 1 atom stereocenters. The summed E-state index contributed by atoms with van der Waals surface area (Å²) < 4.78 is 0. The Bertz CT molecular complexity index is 580. The number of hydrogen-bond acceptors (Lipinski definition) is 3. The molecule has 84 valence electrons. The van der Waals surface area contributed by atoms with E-state index in [1.54, 1.807) is 30.3 Å². The van der Waals surface area contributed by atoms with E-state index in [1.807, 2.05) is 0 Å². The zero-order valence-corrected chi connectivity index (χ0v) is 9.46. The standard InChI is InChI=1S/C12H8ClN3O/c1-14-9-4-2-3-8(7-9)11(17)10-5-6-15-12(13)16-10/h2-7,11,17H. The number of rotatable bonds is 2. The van der Waals surface area contributed by atoms with Gasteiger partial charge in [0.2, 0.25) is 5.28 Å². The number of aliphatic hydroxyl groups excluding tert-OH is 1. The molecule has 1 heterocycles. The molecular formula is C12H8ClN3O. The predicted octanol–water partition coefficient (Wildman–Crippen LogP) is 2.76. The number of aromatic nitrogens is 2. The summed E-state index contributed by atoms with van der Waals surface area (Å²) in [6.45, 7) is 6.92. The molecule has 1 unspecified atom stereocenters. The van der Waals surface area contributed by atoms with Gasteiger partial charge in [-0.1, -0.05) is 24.3 Å². The summed E-state index contributed by atoms with van der Waals surface area (Å²) in [5, 5.41) is 10.2. The average Bonchev–Trinajstić information content (AvgIpc) is 2.38. The Balaban J connectivity index is 2.37. The molecule has 0 aliphatic heterocycles. The molecule has 0 spiro atoms. The van der Waals surface area contributed by atoms with Gasteiger partial charge >= 0.3 is 0 Å². The summed E-state index contributed by atoms with van der Waals surface area (Å²) in [5.41, 5.74) is 1.49. The van der Waals surface area contributed by atoms with Gasteiger partial charge in [0.1, 0.15) is 6.10 Å². The average molecular weight is 246 g/mol. The van der Waals surface area contributed by atoms with Gasteiger partial charge in [0.15, 0.2) is 5.69 Å². The fourth-order valence-corrected chi connectivity index (χ4v) is 1.59. The van der Waals surface area contributed by atoms with Gasteiger partial charge in [-0.2, -0.15) is 0 Å². The molecule has 5 heteroatoms. The van der Waals surface area contributed by atoms with Crippen molar-refractivity contribution in [1.29, 1.82) is 0 Å². The second kappa shape index (κ2) is 4.91. The molecule has 0 aliphatic carbocycles. The molecule has 2 aromatic rings. The van der Waals surface area contributed by atoms with Crippen molar-refractivity contribution in [3.05, 3.63) is 64.5 Å². The summed E-state index contributed by atoms with van der Waals surface area (Å²) in [6, 6.07) is 8.33. The van der Waals surface area contributed by atoms with Gasteiger partial charge < -0.3 is 5.11 Å². The molecule has 1 N–H and O–H groups in total. The van der Waals surface area contributed by atoms with E-state index in [1.165, 1.54) is 6.20 Å². The van der Waals surface area contributed by atoms with Crippen LogP contribution in [0.15, 0.2) is 36.5 Å². The molecule has 0 aliphatic rings. The van der Waals surface area contributed by atoms with Crippen molar-refractivity contribution in [2.75, 3.05) is 0 Å². The Labute approximate surface area is 103 Å². The number of benzene rings is 1. The van der Waals surface area contributed by atoms with Crippen LogP contribution in [-0.2, 0) is 0 Å². The molecule has 17 heavy (non-hydrogen) atoms. The van der Waals surface area contributed by atoms with Gasteiger partial charge in [-0.15, -0.1) is 0 Å². The summed E-state index contributed by atoms with van der Waals surface area (Å²) >= 11 is 5.65. The number of aliphatic hydroxyl groups is 1. The van der Waals surface area contributed by atoms with Crippen molar-refractivity contribution in [2.24, 2.45) is 0 Å². The monoisotopic (exact) mass is 245 g/mol. The van der Waals surface area contributed by atoms with Crippen molar-refractivity contribution in [2.45, 2.75) is 6.10 Å². The quantitative estimate of drug-likeness (QED) is 0.654. The second-order valence-corrected chi connectivity index (χ2v) is 3.70. The highest BCUT2D eigenvalue weighted by Crippen LogP contribution is 2.24. The van der Waals surface area contributed by atoms with Crippen LogP contribution in [0.25, 0.3) is 4.85 Å². The Morgan fingerprint density at radius 1 is 1.35 bits per heavy atom. The van der Waals surface area contributed by atoms with E-state index in [9.17, 15) is 5.11 Å². The topological polar surface area (TPSA) is 50.4 Å². The minimum absolute atomic E-state index is 0.0860. The maximum Gasteiger partial charge on any atom is 0.222 e. The molecule has 1 aromatic carbocycles. The van der Waals surface area contributed by atoms with E-state index in [0.717, 1.165) is 0 Å². The van der Waals surface area contributed by atoms with Crippen LogP contribution in [0.3, 0.4) is 0 Å². The van der Waals surface area contributed by atoms with Crippen LogP contribution in [0.5, 0.6) is 0 Å². The highest BCUT2D eigenvalue weighted by Gasteiger charge is 2.12. The maximum atomic E-state index is 10.1. The fraction of sp³-hybridized carbons (Fsp3) is 0.0833. The third-order valence-corrected chi connectivity index (χ3v) is 2.43. The predicted molar refractivity (Wildman–Crippen MR) is 63.8 cm³/mol. The second-order valence-electron chi connectivity index (χ2n) is 3.36. The molecule has 0 amide bonds. The molecule has 0 saturated heterocycles. The minimum atomic E-state index is -0.905. The first-order chi connectivity index (χ1) is 8.20. The molecule has 0 fully saturated rings. The Kier molecular flexibility index (Phi) is 3.33. The first kappa shape index (κ1) is 11.5. The third kappa shape index (κ3) is 2.59. The van der Waals surface area contributed by atoms with E-state index in [4.69, 9.17) is 18.2 Å². The van der Waals surface area contributed by atoms with E-state index >= 15 is 0 Å². The Morgan fingerprint density at radius 2 is 2.18 bits per heavy atom. The molecular weight excluding hydrogens is 238 g/mol. The molecule has 0 saturated carbocycles. The SMILES string of the molecule is [C-]#[N+]c1cccc(C(O)c2ccnc(Cl)n2)c1. The van der Waals surface area contributed by atoms with Crippen LogP contribution in [0.4, 0.5) is 5.69 Å². The largest absolute Gasteiger partial charge is 0.382 e. The molecule has 0 bridgehead atoms. The van der Waals surface area contributed by atoms with Crippen LogP contribution in [0.2, 0.25) is 5.28 Å². The summed E-state index contributed by atoms with van der Waals surface area (Å²) in [6.07, 6.45) is 0.573. The lowest BCUT2D eigenvalue weighted by molar-refractivity contribution is 0.215. The van der Waals surface area contributed by atoms with Crippen LogP contribution in [-0.4, -0.2) is 15.1 Å². The minimum Gasteiger partial charge on any atom is -0.382 e. The first-order valence-electron chi connectivity index (χ1n) is 4.84. The summed E-state index contributed by atoms with van der Waals surface area (Å²) in [7, 11) is 0. The highest BCUT2D eigenvalue weighted by atomic mass is 35.5. The normalized spacial score (nSPS) is 11.8. The van der Waals surface area contributed by atoms with Crippen LogP contribution in [0, 0.1) is 6.57 Å². The lowest BCUT2D eigenvalue weighted by Gasteiger charge is -2.10. The van der Waals surface area contributed by atoms with Crippen molar-refractivity contribution < 1.29 is 5.11 Å². The molecule has 4 nitrogen and oxygen atoms in total. The smallest absolute Gasteiger partial charge is 0.222 e. The van der Waals surface area contributed by atoms with Crippen LogP contribution < -0.4 is 0 Å². The zero-order valence-electron chi connectivity index (χ0n) is 8.71. The van der Waals surface area contributed by atoms with Gasteiger partial charge in [-0.05, 0) is 23.2 Å². The third-order valence-electron chi connectivity index (χ3n) is 2.24. The van der Waals surface area contributed by atoms with Crippen LogP contribution in [0.1, 0.15) is 17.4 Å². The van der Waals surface area contributed by atoms with Crippen molar-refractivity contribution >= 4 is 17.3 Å². The molecule has 2 rings (SSSR count). The molecule has 0 radical (unpaired) electrons. The number of hydrogen-bond donors (Lipinski definition) is 1. The first-order valence-corrected chi connectivity index (χ1v) is 5.22. The lowest BCUT2D eigenvalue weighted by atomic mass is 10.1. The number of nitrogens with zero attached hydrogens (tertiary/aromatic N) is 3. The van der Waals surface area contributed by atoms with E-state index in [-0.39, 0.29) is 5.28 Å². The zero-order chi connectivity index (χ0) is 12.3. The fourth-order valence-electron chi connectivity index (χ4n) is 1.44. The van der Waals surface area contributed by atoms with E-state index < -0.39 is 6.10 Å². The highest BCUT2D eigenvalue weighted by molar-refractivity contribution is 6.28. The van der Waals surface area contributed by atoms with Gasteiger partial charge in [0.25, 0.3) is 0 Å². The Hall–Kier alpha value is -1.96. The van der Waals surface area contributed by atoms with Crippen molar-refractivity contribution in [3.8, 4) is 0 Å². The van der Waals surface area contributed by atoms with Gasteiger partial charge in [-0.3, -0.25) is 0 Å². The Morgan fingerprint density at radius 3 is 2.88 bits per heavy atom. The van der Waals surface area contributed by atoms with Crippen molar-refractivity contribution in [1.82, 2.24) is 9.97 Å². The van der Waals surface area contributed by atoms with Crippen molar-refractivity contribution in [3.63, 3.8) is 0 Å². The van der Waals surface area contributed by atoms with E-state index in [0.29, 0.717) is 16.9 Å². The molecule has 1 aromatic heterocycles. The van der Waals surface area contributed by atoms with Gasteiger partial charge in [0.05, 0.1) is 12.3 Å². The van der Waals surface area contributed by atoms with Crippen LogP contribution >= 0.6 is 11.6 Å². The number of halogens is 1. The van der Waals surface area contributed by atoms with Gasteiger partial charge in [0, 0.05) is 6.20 Å². The maximum absolute atomic E-state index is 10.1. The van der Waals surface area contributed by atoms with Gasteiger partial charge in [-0.25, -0.2) is 14.8 Å². The summed E-state index contributed by atoms with van der Waals surface area (Å²) in [4.78, 5) is 11.0. The lowest BCUT2D eigenvalue weighted by Crippen LogP contribution is -2.02. The van der Waals surface area contributed by atoms with E-state index in [2.05, 4.69) is 14.8 Å². The summed E-state index contributed by atoms with van der Waals surface area (Å²) in [5.74, 6) is 0.